The van der Waals surface area contributed by atoms with E-state index in [-0.39, 0.29) is 16.4 Å². The van der Waals surface area contributed by atoms with Crippen LogP contribution in [-0.2, 0) is 6.18 Å². The molecule has 2 aromatic heterocycles. The molecule has 1 amide bonds. The third-order valence-electron chi connectivity index (χ3n) is 2.53. The van der Waals surface area contributed by atoms with Crippen LogP contribution in [0.5, 0.6) is 5.06 Å². The van der Waals surface area contributed by atoms with Crippen molar-refractivity contribution in [2.45, 2.75) is 13.1 Å². The normalized spacial score (nSPS) is 11.3. The van der Waals surface area contributed by atoms with Crippen LogP contribution in [0.1, 0.15) is 21.7 Å². The Bertz CT molecular complexity index is 670. The molecule has 0 spiro atoms. The molecule has 0 radical (unpaired) electrons. The van der Waals surface area contributed by atoms with Crippen LogP contribution < -0.4 is 10.1 Å². The Morgan fingerprint density at radius 2 is 2.10 bits per heavy atom. The molecule has 0 fully saturated rings. The van der Waals surface area contributed by atoms with Crippen LogP contribution in [0.3, 0.4) is 0 Å². The number of aryl methyl sites for hydroxylation is 1. The Balaban J connectivity index is 2.19. The standard InChI is InChI=1S/C12H10F3N3O2S/c1-6-7(3-4-8(17-6)12(13,14)15)10(19)18-11-16-5-9(20-2)21-11/h3-5H,1-2H3,(H,16,18,19). The summed E-state index contributed by atoms with van der Waals surface area (Å²) in [5, 5.41) is 3.27. The lowest BCUT2D eigenvalue weighted by Crippen LogP contribution is -2.16. The number of rotatable bonds is 3. The molecule has 0 unspecified atom stereocenters. The van der Waals surface area contributed by atoms with Crippen molar-refractivity contribution in [2.24, 2.45) is 0 Å². The number of amides is 1. The minimum Gasteiger partial charge on any atom is -0.486 e. The van der Waals surface area contributed by atoms with Gasteiger partial charge in [0, 0.05) is 0 Å². The summed E-state index contributed by atoms with van der Waals surface area (Å²) in [6.45, 7) is 1.34. The van der Waals surface area contributed by atoms with Crippen LogP contribution in [0.4, 0.5) is 18.3 Å². The first-order chi connectivity index (χ1) is 9.81. The molecule has 0 aromatic carbocycles. The van der Waals surface area contributed by atoms with E-state index >= 15 is 0 Å². The quantitative estimate of drug-likeness (QED) is 0.944. The monoisotopic (exact) mass is 317 g/mol. The fourth-order valence-electron chi connectivity index (χ4n) is 1.53. The average molecular weight is 317 g/mol. The summed E-state index contributed by atoms with van der Waals surface area (Å²) in [6.07, 6.45) is -3.11. The summed E-state index contributed by atoms with van der Waals surface area (Å²) in [5.41, 5.74) is -0.990. The zero-order valence-electron chi connectivity index (χ0n) is 11.0. The van der Waals surface area contributed by atoms with Crippen LogP contribution in [0, 0.1) is 6.92 Å². The summed E-state index contributed by atoms with van der Waals surface area (Å²) in [4.78, 5) is 19.3. The molecule has 112 valence electrons. The van der Waals surface area contributed by atoms with Gasteiger partial charge in [0.2, 0.25) is 0 Å². The Hall–Kier alpha value is -2.16. The predicted octanol–water partition coefficient (Wildman–Crippen LogP) is 3.13. The van der Waals surface area contributed by atoms with Crippen LogP contribution in [-0.4, -0.2) is 23.0 Å². The van der Waals surface area contributed by atoms with E-state index in [0.29, 0.717) is 5.06 Å². The molecule has 0 atom stereocenters. The number of hydrogen-bond donors (Lipinski definition) is 1. The maximum absolute atomic E-state index is 12.5. The smallest absolute Gasteiger partial charge is 0.433 e. The summed E-state index contributed by atoms with van der Waals surface area (Å²) in [5.74, 6) is -0.578. The number of methoxy groups -OCH3 is 1. The van der Waals surface area contributed by atoms with Crippen molar-refractivity contribution in [3.05, 3.63) is 35.3 Å². The number of nitrogens with one attached hydrogen (secondary N) is 1. The van der Waals surface area contributed by atoms with Gasteiger partial charge in [0.05, 0.1) is 24.6 Å². The van der Waals surface area contributed by atoms with E-state index in [0.717, 1.165) is 23.5 Å². The summed E-state index contributed by atoms with van der Waals surface area (Å²) < 4.78 is 42.4. The number of aromatic nitrogens is 2. The fraction of sp³-hybridized carbons (Fsp3) is 0.250. The van der Waals surface area contributed by atoms with E-state index < -0.39 is 17.8 Å². The Labute approximate surface area is 121 Å². The molecule has 0 aliphatic carbocycles. The molecule has 0 aliphatic rings. The fourth-order valence-corrected chi connectivity index (χ4v) is 2.16. The number of carbonyl (C=O) groups is 1. The largest absolute Gasteiger partial charge is 0.486 e. The number of anilines is 1. The molecule has 21 heavy (non-hydrogen) atoms. The number of halogens is 3. The third-order valence-corrected chi connectivity index (χ3v) is 3.40. The van der Waals surface area contributed by atoms with Gasteiger partial charge in [0.15, 0.2) is 10.2 Å². The molecule has 2 rings (SSSR count). The molecule has 5 nitrogen and oxygen atoms in total. The van der Waals surface area contributed by atoms with Gasteiger partial charge in [0.1, 0.15) is 5.69 Å². The lowest BCUT2D eigenvalue weighted by Gasteiger charge is -2.09. The minimum absolute atomic E-state index is 0.00848. The van der Waals surface area contributed by atoms with E-state index in [1.54, 1.807) is 0 Å². The predicted molar refractivity (Wildman–Crippen MR) is 70.6 cm³/mol. The van der Waals surface area contributed by atoms with Crippen molar-refractivity contribution in [1.82, 2.24) is 9.97 Å². The molecular formula is C12H10F3N3O2S. The molecule has 0 bridgehead atoms. The highest BCUT2D eigenvalue weighted by molar-refractivity contribution is 7.17. The molecular weight excluding hydrogens is 307 g/mol. The summed E-state index contributed by atoms with van der Waals surface area (Å²) >= 11 is 1.10. The number of thiazole rings is 1. The average Bonchev–Trinajstić information content (AvgIpc) is 2.85. The highest BCUT2D eigenvalue weighted by atomic mass is 32.1. The minimum atomic E-state index is -4.54. The number of carbonyl (C=O) groups excluding carboxylic acids is 1. The van der Waals surface area contributed by atoms with Crippen LogP contribution in [0.2, 0.25) is 0 Å². The SMILES string of the molecule is COc1cnc(NC(=O)c2ccc(C(F)(F)F)nc2C)s1. The summed E-state index contributed by atoms with van der Waals surface area (Å²) in [6, 6.07) is 1.86. The van der Waals surface area contributed by atoms with Gasteiger partial charge in [0.25, 0.3) is 5.91 Å². The van der Waals surface area contributed by atoms with Crippen molar-refractivity contribution < 1.29 is 22.7 Å². The molecule has 9 heteroatoms. The van der Waals surface area contributed by atoms with Gasteiger partial charge in [-0.1, -0.05) is 11.3 Å². The van der Waals surface area contributed by atoms with E-state index in [1.165, 1.54) is 20.2 Å². The van der Waals surface area contributed by atoms with Gasteiger partial charge < -0.3 is 4.74 Å². The van der Waals surface area contributed by atoms with Gasteiger partial charge in [-0.2, -0.15) is 13.2 Å². The van der Waals surface area contributed by atoms with E-state index in [4.69, 9.17) is 4.74 Å². The lowest BCUT2D eigenvalue weighted by molar-refractivity contribution is -0.141. The van der Waals surface area contributed by atoms with Crippen LogP contribution in [0.15, 0.2) is 18.3 Å². The Morgan fingerprint density at radius 1 is 1.38 bits per heavy atom. The first kappa shape index (κ1) is 15.2. The molecule has 0 aliphatic heterocycles. The van der Waals surface area contributed by atoms with Crippen molar-refractivity contribution >= 4 is 22.4 Å². The van der Waals surface area contributed by atoms with Crippen LogP contribution >= 0.6 is 11.3 Å². The van der Waals surface area contributed by atoms with E-state index in [9.17, 15) is 18.0 Å². The highest BCUT2D eigenvalue weighted by Gasteiger charge is 2.33. The first-order valence-electron chi connectivity index (χ1n) is 5.67. The van der Waals surface area contributed by atoms with Crippen molar-refractivity contribution in [3.63, 3.8) is 0 Å². The second-order valence-corrected chi connectivity index (χ2v) is 4.96. The number of ether oxygens (including phenoxy) is 1. The second-order valence-electron chi connectivity index (χ2n) is 3.97. The van der Waals surface area contributed by atoms with E-state index in [2.05, 4.69) is 15.3 Å². The first-order valence-corrected chi connectivity index (χ1v) is 6.49. The zero-order valence-corrected chi connectivity index (χ0v) is 11.8. The molecule has 2 aromatic rings. The summed E-state index contributed by atoms with van der Waals surface area (Å²) in [7, 11) is 1.46. The van der Waals surface area contributed by atoms with Gasteiger partial charge in [-0.25, -0.2) is 9.97 Å². The lowest BCUT2D eigenvalue weighted by atomic mass is 10.1. The molecule has 0 saturated heterocycles. The van der Waals surface area contributed by atoms with Crippen molar-refractivity contribution in [1.29, 1.82) is 0 Å². The third kappa shape index (κ3) is 3.48. The van der Waals surface area contributed by atoms with Gasteiger partial charge in [-0.15, -0.1) is 0 Å². The number of hydrogen-bond acceptors (Lipinski definition) is 5. The van der Waals surface area contributed by atoms with E-state index in [1.807, 2.05) is 0 Å². The zero-order chi connectivity index (χ0) is 15.6. The Kier molecular flexibility index (Phi) is 4.12. The van der Waals surface area contributed by atoms with Crippen LogP contribution in [0.25, 0.3) is 0 Å². The maximum atomic E-state index is 12.5. The highest BCUT2D eigenvalue weighted by Crippen LogP contribution is 2.29. The maximum Gasteiger partial charge on any atom is 0.433 e. The number of pyridine rings is 1. The van der Waals surface area contributed by atoms with Crippen molar-refractivity contribution in [2.75, 3.05) is 12.4 Å². The molecule has 1 N–H and O–H groups in total. The van der Waals surface area contributed by atoms with Crippen molar-refractivity contribution in [3.8, 4) is 5.06 Å². The number of alkyl halides is 3. The second kappa shape index (κ2) is 5.68. The number of nitrogens with zero attached hydrogens (tertiary/aromatic N) is 2. The molecule has 2 heterocycles. The van der Waals surface area contributed by atoms with Gasteiger partial charge in [-0.05, 0) is 19.1 Å². The topological polar surface area (TPSA) is 64.1 Å². The van der Waals surface area contributed by atoms with Gasteiger partial charge in [-0.3, -0.25) is 10.1 Å². The molecule has 0 saturated carbocycles. The van der Waals surface area contributed by atoms with Gasteiger partial charge >= 0.3 is 6.18 Å². The Morgan fingerprint density at radius 3 is 2.62 bits per heavy atom.